The Kier molecular flexibility index (Phi) is 4.84. The molecule has 1 rings (SSSR count). The Balaban J connectivity index is 2.86. The van der Waals surface area contributed by atoms with Crippen LogP contribution in [-0.2, 0) is 0 Å². The Morgan fingerprint density at radius 1 is 1.35 bits per heavy atom. The molecule has 0 bridgehead atoms. The summed E-state index contributed by atoms with van der Waals surface area (Å²) in [7, 11) is 2.06. The summed E-state index contributed by atoms with van der Waals surface area (Å²) < 4.78 is 0. The van der Waals surface area contributed by atoms with Gasteiger partial charge in [-0.1, -0.05) is 25.4 Å². The van der Waals surface area contributed by atoms with Crippen molar-refractivity contribution in [2.24, 2.45) is 5.92 Å². The number of hydrogen-bond donors (Lipinski definition) is 0. The molecule has 0 radical (unpaired) electrons. The molecule has 0 aliphatic rings. The summed E-state index contributed by atoms with van der Waals surface area (Å²) in [5, 5.41) is 9.35. The minimum absolute atomic E-state index is 0.457. The number of rotatable bonds is 4. The van der Waals surface area contributed by atoms with Crippen molar-refractivity contribution in [3.05, 3.63) is 28.8 Å². The molecule has 17 heavy (non-hydrogen) atoms. The zero-order chi connectivity index (χ0) is 13.0. The maximum absolute atomic E-state index is 8.83. The van der Waals surface area contributed by atoms with Crippen LogP contribution in [0.3, 0.4) is 0 Å². The van der Waals surface area contributed by atoms with Gasteiger partial charge in [0, 0.05) is 18.8 Å². The van der Waals surface area contributed by atoms with E-state index in [2.05, 4.69) is 38.8 Å². The third-order valence-electron chi connectivity index (χ3n) is 2.95. The van der Waals surface area contributed by atoms with Crippen LogP contribution in [0.2, 0.25) is 5.02 Å². The van der Waals surface area contributed by atoms with E-state index >= 15 is 0 Å². The van der Waals surface area contributed by atoms with Crippen LogP contribution in [0.4, 0.5) is 5.69 Å². The minimum atomic E-state index is 0.457. The number of benzene rings is 1. The zero-order valence-electron chi connectivity index (χ0n) is 10.9. The van der Waals surface area contributed by atoms with Gasteiger partial charge >= 0.3 is 0 Å². The van der Waals surface area contributed by atoms with Crippen molar-refractivity contribution in [3.8, 4) is 6.07 Å². The van der Waals surface area contributed by atoms with Crippen LogP contribution in [0.25, 0.3) is 0 Å². The molecule has 0 heterocycles. The average molecular weight is 251 g/mol. The van der Waals surface area contributed by atoms with Crippen molar-refractivity contribution in [1.82, 2.24) is 0 Å². The smallest absolute Gasteiger partial charge is 0.101 e. The maximum atomic E-state index is 8.83. The van der Waals surface area contributed by atoms with E-state index in [1.165, 1.54) is 0 Å². The lowest BCUT2D eigenvalue weighted by atomic mass is 10.0. The second kappa shape index (κ2) is 5.93. The van der Waals surface area contributed by atoms with Crippen molar-refractivity contribution in [2.45, 2.75) is 33.2 Å². The highest BCUT2D eigenvalue weighted by Gasteiger charge is 2.12. The molecule has 0 aliphatic carbocycles. The van der Waals surface area contributed by atoms with Crippen molar-refractivity contribution >= 4 is 17.3 Å². The van der Waals surface area contributed by atoms with Crippen molar-refractivity contribution in [1.29, 1.82) is 5.26 Å². The molecule has 1 aromatic rings. The molecule has 0 saturated carbocycles. The number of anilines is 1. The van der Waals surface area contributed by atoms with Gasteiger partial charge in [0.05, 0.1) is 10.6 Å². The highest BCUT2D eigenvalue weighted by atomic mass is 35.5. The fraction of sp³-hybridized carbons (Fsp3) is 0.500. The van der Waals surface area contributed by atoms with Crippen LogP contribution >= 0.6 is 11.6 Å². The van der Waals surface area contributed by atoms with Gasteiger partial charge in [0.25, 0.3) is 0 Å². The Hall–Kier alpha value is -1.20. The summed E-state index contributed by atoms with van der Waals surface area (Å²) in [6, 6.07) is 8.11. The molecule has 0 fully saturated rings. The van der Waals surface area contributed by atoms with Crippen LogP contribution in [0.15, 0.2) is 18.2 Å². The van der Waals surface area contributed by atoms with Crippen LogP contribution in [-0.4, -0.2) is 13.1 Å². The molecule has 1 atom stereocenters. The summed E-state index contributed by atoms with van der Waals surface area (Å²) in [5.41, 5.74) is 1.59. The molecule has 2 nitrogen and oxygen atoms in total. The molecule has 3 heteroatoms. The van der Waals surface area contributed by atoms with E-state index in [1.54, 1.807) is 6.07 Å². The highest BCUT2D eigenvalue weighted by Crippen LogP contribution is 2.25. The van der Waals surface area contributed by atoms with Gasteiger partial charge in [-0.2, -0.15) is 5.26 Å². The molecule has 92 valence electrons. The summed E-state index contributed by atoms with van der Waals surface area (Å²) in [4.78, 5) is 2.20. The third-order valence-corrected chi connectivity index (χ3v) is 3.27. The highest BCUT2D eigenvalue weighted by molar-refractivity contribution is 6.32. The lowest BCUT2D eigenvalue weighted by Crippen LogP contribution is -2.29. The molecule has 0 spiro atoms. The monoisotopic (exact) mass is 250 g/mol. The predicted molar refractivity (Wildman–Crippen MR) is 73.5 cm³/mol. The molecular formula is C14H19ClN2. The standard InChI is InChI=1S/C14H19ClN2/c1-10(2)7-11(3)17(4)13-6-5-12(9-16)14(15)8-13/h5-6,8,10-11H,7H2,1-4H3. The number of nitriles is 1. The van der Waals surface area contributed by atoms with Gasteiger partial charge in [-0.15, -0.1) is 0 Å². The van der Waals surface area contributed by atoms with E-state index in [0.717, 1.165) is 12.1 Å². The SMILES string of the molecule is CC(C)CC(C)N(C)c1ccc(C#N)c(Cl)c1. The van der Waals surface area contributed by atoms with E-state index < -0.39 is 0 Å². The van der Waals surface area contributed by atoms with Gasteiger partial charge in [-0.3, -0.25) is 0 Å². The van der Waals surface area contributed by atoms with E-state index in [9.17, 15) is 0 Å². The second-order valence-corrected chi connectivity index (χ2v) is 5.27. The van der Waals surface area contributed by atoms with E-state index in [0.29, 0.717) is 22.5 Å². The normalized spacial score (nSPS) is 12.3. The molecule has 1 aromatic carbocycles. The summed E-state index contributed by atoms with van der Waals surface area (Å²) >= 11 is 6.03. The Morgan fingerprint density at radius 2 is 2.00 bits per heavy atom. The van der Waals surface area contributed by atoms with Crippen LogP contribution in [0.5, 0.6) is 0 Å². The molecule has 0 saturated heterocycles. The minimum Gasteiger partial charge on any atom is -0.372 e. The Labute approximate surface area is 109 Å². The number of hydrogen-bond acceptors (Lipinski definition) is 2. The lowest BCUT2D eigenvalue weighted by Gasteiger charge is -2.28. The van der Waals surface area contributed by atoms with Gasteiger partial charge in [0.2, 0.25) is 0 Å². The second-order valence-electron chi connectivity index (χ2n) is 4.87. The van der Waals surface area contributed by atoms with Crippen molar-refractivity contribution < 1.29 is 0 Å². The maximum Gasteiger partial charge on any atom is 0.101 e. The Morgan fingerprint density at radius 3 is 2.47 bits per heavy atom. The number of halogens is 1. The van der Waals surface area contributed by atoms with Gasteiger partial charge < -0.3 is 4.90 Å². The van der Waals surface area contributed by atoms with Gasteiger partial charge in [-0.05, 0) is 37.5 Å². The Bertz CT molecular complexity index is 421. The van der Waals surface area contributed by atoms with E-state index in [4.69, 9.17) is 16.9 Å². The zero-order valence-corrected chi connectivity index (χ0v) is 11.6. The van der Waals surface area contributed by atoms with E-state index in [-0.39, 0.29) is 0 Å². The molecule has 0 aromatic heterocycles. The summed E-state index contributed by atoms with van der Waals surface area (Å²) in [6.07, 6.45) is 1.13. The third kappa shape index (κ3) is 3.64. The van der Waals surface area contributed by atoms with E-state index in [1.807, 2.05) is 12.1 Å². The molecule has 0 amide bonds. The predicted octanol–water partition coefficient (Wildman–Crippen LogP) is 4.08. The quantitative estimate of drug-likeness (QED) is 0.805. The van der Waals surface area contributed by atoms with Gasteiger partial charge in [0.1, 0.15) is 6.07 Å². The van der Waals surface area contributed by atoms with Crippen LogP contribution in [0, 0.1) is 17.2 Å². The molecular weight excluding hydrogens is 232 g/mol. The number of nitrogens with zero attached hydrogens (tertiary/aromatic N) is 2. The fourth-order valence-electron chi connectivity index (χ4n) is 1.91. The van der Waals surface area contributed by atoms with Crippen molar-refractivity contribution in [2.75, 3.05) is 11.9 Å². The topological polar surface area (TPSA) is 27.0 Å². The van der Waals surface area contributed by atoms with Gasteiger partial charge in [-0.25, -0.2) is 0 Å². The van der Waals surface area contributed by atoms with Crippen LogP contribution < -0.4 is 4.90 Å². The molecule has 1 unspecified atom stereocenters. The average Bonchev–Trinajstić information content (AvgIpc) is 2.27. The fourth-order valence-corrected chi connectivity index (χ4v) is 2.13. The lowest BCUT2D eigenvalue weighted by molar-refractivity contribution is 0.504. The van der Waals surface area contributed by atoms with Crippen LogP contribution in [0.1, 0.15) is 32.8 Å². The van der Waals surface area contributed by atoms with Crippen molar-refractivity contribution in [3.63, 3.8) is 0 Å². The van der Waals surface area contributed by atoms with Gasteiger partial charge in [0.15, 0.2) is 0 Å². The largest absolute Gasteiger partial charge is 0.372 e. The first kappa shape index (κ1) is 13.9. The first-order valence-electron chi connectivity index (χ1n) is 5.88. The molecule has 0 aliphatic heterocycles. The first-order chi connectivity index (χ1) is 7.95. The summed E-state index contributed by atoms with van der Waals surface area (Å²) in [6.45, 7) is 6.64. The molecule has 0 N–H and O–H groups in total. The first-order valence-corrected chi connectivity index (χ1v) is 6.26. The summed E-state index contributed by atoms with van der Waals surface area (Å²) in [5.74, 6) is 0.668.